The number of rotatable bonds is 8. The maximum Gasteiger partial charge on any atom is 0.222 e. The van der Waals surface area contributed by atoms with Gasteiger partial charge in [-0.1, -0.05) is 56.0 Å². The van der Waals surface area contributed by atoms with Gasteiger partial charge in [0, 0.05) is 50.3 Å². The van der Waals surface area contributed by atoms with Crippen LogP contribution >= 0.6 is 0 Å². The highest BCUT2D eigenvalue weighted by Gasteiger charge is 2.24. The number of carbonyl (C=O) groups excluding carboxylic acids is 1. The molecule has 0 spiro atoms. The first-order chi connectivity index (χ1) is 14.5. The third-order valence-corrected chi connectivity index (χ3v) is 5.94. The molecule has 3 rings (SSSR count). The Labute approximate surface area is 181 Å². The molecule has 2 aromatic rings. The topological polar surface area (TPSA) is 49.3 Å². The fourth-order valence-corrected chi connectivity index (χ4v) is 4.24. The number of aryl methyl sites for hydroxylation is 3. The predicted octanol–water partition coefficient (Wildman–Crippen LogP) is 4.61. The minimum atomic E-state index is 0.306. The molecule has 1 aliphatic rings. The number of amides is 1. The smallest absolute Gasteiger partial charge is 0.222 e. The molecule has 1 aromatic carbocycles. The highest BCUT2D eigenvalue weighted by molar-refractivity contribution is 5.76. The first-order valence-electron chi connectivity index (χ1n) is 11.4. The van der Waals surface area contributed by atoms with Crippen molar-refractivity contribution in [3.8, 4) is 0 Å². The lowest BCUT2D eigenvalue weighted by atomic mass is 10.0. The lowest BCUT2D eigenvalue weighted by molar-refractivity contribution is -0.131. The van der Waals surface area contributed by atoms with E-state index in [1.807, 2.05) is 11.8 Å². The number of nitrogens with zero attached hydrogens (tertiary/aromatic N) is 4. The number of carbonyl (C=O) groups is 1. The van der Waals surface area contributed by atoms with Crippen LogP contribution in [0, 0.1) is 20.8 Å². The number of hydrogen-bond donors (Lipinski definition) is 0. The molecular weight excluding hydrogens is 372 g/mol. The maximum atomic E-state index is 12.5. The third kappa shape index (κ3) is 5.80. The van der Waals surface area contributed by atoms with Crippen LogP contribution in [-0.2, 0) is 11.2 Å². The molecule has 0 bridgehead atoms. The van der Waals surface area contributed by atoms with Crippen LogP contribution < -0.4 is 4.90 Å². The standard InChI is InChI=1S/C25H36N4O/c1-5-6-7-8-12-24(30)28-13-15-29(16-14-28)25-23(20(3)26-21(4)27-25)18-22-11-9-10-19(2)17-22/h9-11,17H,5-8,12-16,18H2,1-4H3. The van der Waals surface area contributed by atoms with Crippen molar-refractivity contribution in [2.45, 2.75) is 66.2 Å². The zero-order valence-electron chi connectivity index (χ0n) is 19.1. The van der Waals surface area contributed by atoms with Gasteiger partial charge in [-0.3, -0.25) is 4.79 Å². The molecule has 0 aliphatic carbocycles. The molecule has 1 fully saturated rings. The van der Waals surface area contributed by atoms with Crippen LogP contribution in [0.15, 0.2) is 24.3 Å². The zero-order valence-corrected chi connectivity index (χ0v) is 19.1. The molecule has 1 aromatic heterocycles. The second-order valence-corrected chi connectivity index (χ2v) is 8.50. The van der Waals surface area contributed by atoms with Crippen molar-refractivity contribution in [1.29, 1.82) is 0 Å². The Kier molecular flexibility index (Phi) is 7.83. The van der Waals surface area contributed by atoms with Crippen LogP contribution in [0.5, 0.6) is 0 Å². The average Bonchev–Trinajstić information content (AvgIpc) is 2.73. The van der Waals surface area contributed by atoms with E-state index in [4.69, 9.17) is 4.98 Å². The number of unbranched alkanes of at least 4 members (excludes halogenated alkanes) is 3. The SMILES string of the molecule is CCCCCCC(=O)N1CCN(c2nc(C)nc(C)c2Cc2cccc(C)c2)CC1. The monoisotopic (exact) mass is 408 g/mol. The van der Waals surface area contributed by atoms with E-state index in [1.54, 1.807) is 0 Å². The van der Waals surface area contributed by atoms with Crippen molar-refractivity contribution in [2.24, 2.45) is 0 Å². The molecule has 5 heteroatoms. The fourth-order valence-electron chi connectivity index (χ4n) is 4.24. The first-order valence-corrected chi connectivity index (χ1v) is 11.4. The average molecular weight is 409 g/mol. The van der Waals surface area contributed by atoms with Gasteiger partial charge >= 0.3 is 0 Å². The minimum Gasteiger partial charge on any atom is -0.353 e. The van der Waals surface area contributed by atoms with Crippen LogP contribution in [0.3, 0.4) is 0 Å². The Bertz CT molecular complexity index is 856. The number of benzene rings is 1. The number of hydrogen-bond acceptors (Lipinski definition) is 4. The molecular formula is C25H36N4O. The van der Waals surface area contributed by atoms with Gasteiger partial charge in [-0.25, -0.2) is 9.97 Å². The maximum absolute atomic E-state index is 12.5. The molecule has 1 aliphatic heterocycles. The largest absolute Gasteiger partial charge is 0.353 e. The molecule has 0 radical (unpaired) electrons. The molecule has 0 atom stereocenters. The van der Waals surface area contributed by atoms with Gasteiger partial charge in [-0.05, 0) is 32.8 Å². The zero-order chi connectivity index (χ0) is 21.5. The normalized spacial score (nSPS) is 14.3. The first kappa shape index (κ1) is 22.3. The van der Waals surface area contributed by atoms with Crippen LogP contribution in [0.4, 0.5) is 5.82 Å². The molecule has 5 nitrogen and oxygen atoms in total. The second-order valence-electron chi connectivity index (χ2n) is 8.50. The number of piperazine rings is 1. The molecule has 2 heterocycles. The van der Waals surface area contributed by atoms with Crippen LogP contribution in [-0.4, -0.2) is 47.0 Å². The van der Waals surface area contributed by atoms with Gasteiger partial charge in [0.25, 0.3) is 0 Å². The van der Waals surface area contributed by atoms with Gasteiger partial charge in [-0.2, -0.15) is 0 Å². The second kappa shape index (κ2) is 10.6. The van der Waals surface area contributed by atoms with E-state index in [0.717, 1.165) is 62.8 Å². The summed E-state index contributed by atoms with van der Waals surface area (Å²) in [6.07, 6.45) is 6.11. The van der Waals surface area contributed by atoms with Gasteiger partial charge in [0.2, 0.25) is 5.91 Å². The van der Waals surface area contributed by atoms with Crippen LogP contribution in [0.2, 0.25) is 0 Å². The summed E-state index contributed by atoms with van der Waals surface area (Å²) in [5, 5.41) is 0. The molecule has 0 saturated carbocycles. The summed E-state index contributed by atoms with van der Waals surface area (Å²) in [5.74, 6) is 2.15. The Morgan fingerprint density at radius 3 is 2.47 bits per heavy atom. The van der Waals surface area contributed by atoms with E-state index in [-0.39, 0.29) is 0 Å². The van der Waals surface area contributed by atoms with E-state index < -0.39 is 0 Å². The van der Waals surface area contributed by atoms with Crippen molar-refractivity contribution in [3.63, 3.8) is 0 Å². The number of anilines is 1. The summed E-state index contributed by atoms with van der Waals surface area (Å²) in [4.78, 5) is 26.4. The summed E-state index contributed by atoms with van der Waals surface area (Å²) in [5.41, 5.74) is 4.80. The Hall–Kier alpha value is -2.43. The summed E-state index contributed by atoms with van der Waals surface area (Å²) in [7, 11) is 0. The lowest BCUT2D eigenvalue weighted by Crippen LogP contribution is -2.49. The van der Waals surface area contributed by atoms with Gasteiger partial charge in [0.15, 0.2) is 0 Å². The summed E-state index contributed by atoms with van der Waals surface area (Å²) >= 11 is 0. The lowest BCUT2D eigenvalue weighted by Gasteiger charge is -2.36. The van der Waals surface area contributed by atoms with Crippen molar-refractivity contribution in [3.05, 3.63) is 52.5 Å². The highest BCUT2D eigenvalue weighted by Crippen LogP contribution is 2.25. The van der Waals surface area contributed by atoms with Gasteiger partial charge < -0.3 is 9.80 Å². The highest BCUT2D eigenvalue weighted by atomic mass is 16.2. The third-order valence-electron chi connectivity index (χ3n) is 5.94. The van der Waals surface area contributed by atoms with Crippen LogP contribution in [0.1, 0.15) is 67.2 Å². The van der Waals surface area contributed by atoms with E-state index in [2.05, 4.69) is 54.9 Å². The minimum absolute atomic E-state index is 0.306. The van der Waals surface area contributed by atoms with Crippen LogP contribution in [0.25, 0.3) is 0 Å². The Morgan fingerprint density at radius 1 is 1.00 bits per heavy atom. The van der Waals surface area contributed by atoms with Gasteiger partial charge in [0.1, 0.15) is 11.6 Å². The molecule has 0 unspecified atom stereocenters. The predicted molar refractivity (Wildman–Crippen MR) is 123 cm³/mol. The van der Waals surface area contributed by atoms with Crippen molar-refractivity contribution >= 4 is 11.7 Å². The quantitative estimate of drug-likeness (QED) is 0.599. The summed E-state index contributed by atoms with van der Waals surface area (Å²) < 4.78 is 0. The Morgan fingerprint density at radius 2 is 1.77 bits per heavy atom. The molecule has 1 amide bonds. The van der Waals surface area contributed by atoms with Gasteiger partial charge in [-0.15, -0.1) is 0 Å². The number of aromatic nitrogens is 2. The molecule has 1 saturated heterocycles. The van der Waals surface area contributed by atoms with E-state index in [0.29, 0.717) is 12.3 Å². The van der Waals surface area contributed by atoms with E-state index in [1.165, 1.54) is 29.5 Å². The molecule has 30 heavy (non-hydrogen) atoms. The Balaban J connectivity index is 1.68. The summed E-state index contributed by atoms with van der Waals surface area (Å²) in [6.45, 7) is 11.6. The van der Waals surface area contributed by atoms with Crippen molar-refractivity contribution in [2.75, 3.05) is 31.1 Å². The van der Waals surface area contributed by atoms with E-state index in [9.17, 15) is 4.79 Å². The molecule has 162 valence electrons. The van der Waals surface area contributed by atoms with Crippen molar-refractivity contribution < 1.29 is 4.79 Å². The van der Waals surface area contributed by atoms with E-state index >= 15 is 0 Å². The van der Waals surface area contributed by atoms with Gasteiger partial charge in [0.05, 0.1) is 0 Å². The molecule has 0 N–H and O–H groups in total. The van der Waals surface area contributed by atoms with Crippen molar-refractivity contribution in [1.82, 2.24) is 14.9 Å². The fraction of sp³-hybridized carbons (Fsp3) is 0.560. The summed E-state index contributed by atoms with van der Waals surface area (Å²) in [6, 6.07) is 8.64.